The Hall–Kier alpha value is -2.71. The van der Waals surface area contributed by atoms with E-state index in [1.165, 1.54) is 25.5 Å². The summed E-state index contributed by atoms with van der Waals surface area (Å²) in [4.78, 5) is 58.2. The fourth-order valence-corrected chi connectivity index (χ4v) is 2.17. The zero-order valence-corrected chi connectivity index (χ0v) is 14.3. The number of hydrazine groups is 1. The molecule has 5 amide bonds. The Labute approximate surface area is 146 Å². The lowest BCUT2D eigenvalue weighted by molar-refractivity contribution is -0.137. The topological polar surface area (TPSA) is 125 Å². The first-order chi connectivity index (χ1) is 11.8. The highest BCUT2D eigenvalue weighted by Gasteiger charge is 2.22. The van der Waals surface area contributed by atoms with Crippen LogP contribution in [-0.2, 0) is 24.0 Å². The highest BCUT2D eigenvalue weighted by molar-refractivity contribution is 6.12. The van der Waals surface area contributed by atoms with Gasteiger partial charge in [-0.2, -0.15) is 0 Å². The summed E-state index contributed by atoms with van der Waals surface area (Å²) in [6.07, 6.45) is 5.99. The Morgan fingerprint density at radius 1 is 1.08 bits per heavy atom. The van der Waals surface area contributed by atoms with Gasteiger partial charge >= 0.3 is 0 Å². The molecule has 0 aromatic rings. The van der Waals surface area contributed by atoms with Crippen LogP contribution in [0.5, 0.6) is 0 Å². The normalized spacial score (nSPS) is 14.4. The first-order valence-corrected chi connectivity index (χ1v) is 8.04. The van der Waals surface area contributed by atoms with E-state index in [-0.39, 0.29) is 30.0 Å². The summed E-state index contributed by atoms with van der Waals surface area (Å²) >= 11 is 0. The van der Waals surface area contributed by atoms with Crippen molar-refractivity contribution in [1.82, 2.24) is 21.1 Å². The molecule has 0 unspecified atom stereocenters. The van der Waals surface area contributed by atoms with Gasteiger partial charge in [0.05, 0.1) is 0 Å². The molecule has 3 N–H and O–H groups in total. The van der Waals surface area contributed by atoms with E-state index in [0.717, 1.165) is 4.90 Å². The molecule has 0 saturated heterocycles. The number of hydrogen-bond acceptors (Lipinski definition) is 5. The lowest BCUT2D eigenvalue weighted by Crippen LogP contribution is -2.51. The molecule has 1 radical (unpaired) electrons. The maximum atomic E-state index is 11.8. The summed E-state index contributed by atoms with van der Waals surface area (Å²) in [6.45, 7) is 3.24. The minimum Gasteiger partial charge on any atom is -0.344 e. The van der Waals surface area contributed by atoms with Crippen LogP contribution in [0.1, 0.15) is 39.5 Å². The van der Waals surface area contributed by atoms with Gasteiger partial charge in [0, 0.05) is 32.0 Å². The number of imide groups is 1. The summed E-state index contributed by atoms with van der Waals surface area (Å²) < 4.78 is 0. The Balaban J connectivity index is 2.14. The van der Waals surface area contributed by atoms with E-state index < -0.39 is 11.9 Å². The van der Waals surface area contributed by atoms with Crippen LogP contribution < -0.4 is 16.2 Å². The maximum absolute atomic E-state index is 11.8. The second kappa shape index (κ2) is 10.2. The van der Waals surface area contributed by atoms with E-state index in [1.54, 1.807) is 6.92 Å². The zero-order valence-electron chi connectivity index (χ0n) is 14.3. The van der Waals surface area contributed by atoms with Crippen molar-refractivity contribution in [1.29, 1.82) is 0 Å². The quantitative estimate of drug-likeness (QED) is 0.289. The molecular formula is C16H23N4O5. The van der Waals surface area contributed by atoms with Crippen molar-refractivity contribution in [2.75, 3.05) is 6.54 Å². The molecule has 1 aliphatic rings. The first-order valence-electron chi connectivity index (χ1n) is 8.04. The molecule has 1 heterocycles. The smallest absolute Gasteiger partial charge is 0.261 e. The minimum atomic E-state index is -0.818. The Morgan fingerprint density at radius 3 is 2.28 bits per heavy atom. The molecule has 0 fully saturated rings. The SMILES string of the molecule is C[CH][C@H](NC(C)=O)C(=O)NNC(=O)CCCCCN1C(=O)C=CC1=O. The van der Waals surface area contributed by atoms with E-state index >= 15 is 0 Å². The summed E-state index contributed by atoms with van der Waals surface area (Å²) in [5.41, 5.74) is 4.52. The maximum Gasteiger partial charge on any atom is 0.261 e. The zero-order chi connectivity index (χ0) is 18.8. The van der Waals surface area contributed by atoms with Crippen LogP contribution in [-0.4, -0.2) is 47.0 Å². The molecule has 0 aliphatic carbocycles. The number of amides is 5. The molecule has 0 aromatic heterocycles. The molecule has 1 rings (SSSR count). The van der Waals surface area contributed by atoms with Crippen LogP contribution in [0.3, 0.4) is 0 Å². The van der Waals surface area contributed by atoms with Crippen molar-refractivity contribution in [3.63, 3.8) is 0 Å². The monoisotopic (exact) mass is 351 g/mol. The van der Waals surface area contributed by atoms with E-state index in [9.17, 15) is 24.0 Å². The Morgan fingerprint density at radius 2 is 1.72 bits per heavy atom. The summed E-state index contributed by atoms with van der Waals surface area (Å²) in [7, 11) is 0. The lowest BCUT2D eigenvalue weighted by Gasteiger charge is -2.16. The molecule has 9 heteroatoms. The van der Waals surface area contributed by atoms with Gasteiger partial charge in [-0.05, 0) is 19.3 Å². The van der Waals surface area contributed by atoms with Gasteiger partial charge in [-0.15, -0.1) is 0 Å². The van der Waals surface area contributed by atoms with E-state index in [4.69, 9.17) is 0 Å². The number of hydrogen-bond donors (Lipinski definition) is 3. The molecule has 137 valence electrons. The fraction of sp³-hybridized carbons (Fsp3) is 0.500. The van der Waals surface area contributed by atoms with Gasteiger partial charge in [-0.3, -0.25) is 39.7 Å². The third-order valence-corrected chi connectivity index (χ3v) is 3.49. The van der Waals surface area contributed by atoms with Gasteiger partial charge in [0.1, 0.15) is 6.04 Å². The summed E-state index contributed by atoms with van der Waals surface area (Å²) in [5, 5.41) is 2.42. The second-order valence-corrected chi connectivity index (χ2v) is 5.52. The van der Waals surface area contributed by atoms with Gasteiger partial charge < -0.3 is 5.32 Å². The van der Waals surface area contributed by atoms with Gasteiger partial charge in [0.15, 0.2) is 0 Å². The van der Waals surface area contributed by atoms with Crippen molar-refractivity contribution in [2.45, 2.75) is 45.6 Å². The summed E-state index contributed by atoms with van der Waals surface area (Å²) in [5.74, 6) is -1.88. The molecular weight excluding hydrogens is 328 g/mol. The third kappa shape index (κ3) is 7.15. The van der Waals surface area contributed by atoms with Crippen LogP contribution in [0.2, 0.25) is 0 Å². The molecule has 1 atom stereocenters. The van der Waals surface area contributed by atoms with Crippen molar-refractivity contribution in [3.05, 3.63) is 18.6 Å². The van der Waals surface area contributed by atoms with Crippen LogP contribution >= 0.6 is 0 Å². The van der Waals surface area contributed by atoms with Crippen molar-refractivity contribution >= 4 is 29.5 Å². The van der Waals surface area contributed by atoms with Crippen LogP contribution in [0, 0.1) is 6.42 Å². The number of carbonyl (C=O) groups is 5. The first kappa shape index (κ1) is 20.3. The van der Waals surface area contributed by atoms with Crippen LogP contribution in [0.25, 0.3) is 0 Å². The molecule has 0 spiro atoms. The Bertz CT molecular complexity index is 555. The van der Waals surface area contributed by atoms with Gasteiger partial charge in [-0.25, -0.2) is 0 Å². The predicted molar refractivity (Wildman–Crippen MR) is 88.2 cm³/mol. The van der Waals surface area contributed by atoms with E-state index in [2.05, 4.69) is 16.2 Å². The largest absolute Gasteiger partial charge is 0.344 e. The number of unbranched alkanes of at least 4 members (excludes halogenated alkanes) is 2. The van der Waals surface area contributed by atoms with Gasteiger partial charge in [-0.1, -0.05) is 13.3 Å². The minimum absolute atomic E-state index is 0.196. The second-order valence-electron chi connectivity index (χ2n) is 5.52. The molecule has 9 nitrogen and oxygen atoms in total. The Kier molecular flexibility index (Phi) is 8.31. The molecule has 0 aromatic carbocycles. The van der Waals surface area contributed by atoms with Crippen molar-refractivity contribution in [2.24, 2.45) is 0 Å². The fourth-order valence-electron chi connectivity index (χ4n) is 2.17. The average molecular weight is 351 g/mol. The third-order valence-electron chi connectivity index (χ3n) is 3.49. The van der Waals surface area contributed by atoms with Gasteiger partial charge in [0.2, 0.25) is 11.8 Å². The highest BCUT2D eigenvalue weighted by Crippen LogP contribution is 2.07. The lowest BCUT2D eigenvalue weighted by atomic mass is 10.2. The average Bonchev–Trinajstić information content (AvgIpc) is 2.88. The highest BCUT2D eigenvalue weighted by atomic mass is 16.2. The number of carbonyl (C=O) groups excluding carboxylic acids is 5. The van der Waals surface area contributed by atoms with Crippen molar-refractivity contribution in [3.8, 4) is 0 Å². The molecule has 0 bridgehead atoms. The number of nitrogens with zero attached hydrogens (tertiary/aromatic N) is 1. The number of rotatable bonds is 9. The van der Waals surface area contributed by atoms with Crippen LogP contribution in [0.15, 0.2) is 12.2 Å². The van der Waals surface area contributed by atoms with E-state index in [1.807, 2.05) is 0 Å². The van der Waals surface area contributed by atoms with Crippen LogP contribution in [0.4, 0.5) is 0 Å². The molecule has 25 heavy (non-hydrogen) atoms. The van der Waals surface area contributed by atoms with E-state index in [0.29, 0.717) is 25.8 Å². The van der Waals surface area contributed by atoms with Crippen molar-refractivity contribution < 1.29 is 24.0 Å². The standard InChI is InChI=1S/C16H23N4O5/c1-3-12(17-11(2)21)16(25)19-18-13(22)7-5-4-6-10-20-14(23)8-9-15(20)24/h3,8-9,12H,4-7,10H2,1-2H3,(H,17,21)(H,18,22)(H,19,25)/t12-/m0/s1. The molecule has 1 aliphatic heterocycles. The number of nitrogens with one attached hydrogen (secondary N) is 3. The van der Waals surface area contributed by atoms with Gasteiger partial charge in [0.25, 0.3) is 17.7 Å². The predicted octanol–water partition coefficient (Wildman–Crippen LogP) is -0.652. The summed E-state index contributed by atoms with van der Waals surface area (Å²) in [6, 6.07) is -0.818. The molecule has 0 saturated carbocycles.